The van der Waals surface area contributed by atoms with Crippen molar-refractivity contribution in [2.45, 2.75) is 46.5 Å². The average Bonchev–Trinajstić information content (AvgIpc) is 2.96. The minimum Gasteiger partial charge on any atom is -0.505 e. The third-order valence-corrected chi connectivity index (χ3v) is 6.91. The number of phenols is 1. The maximum absolute atomic E-state index is 11.7. The summed E-state index contributed by atoms with van der Waals surface area (Å²) < 4.78 is 1.61. The van der Waals surface area contributed by atoms with Crippen molar-refractivity contribution in [3.63, 3.8) is 0 Å². The number of hydrogen-bond donors (Lipinski definition) is 2. The van der Waals surface area contributed by atoms with Gasteiger partial charge in [-0.3, -0.25) is 9.78 Å². The molecule has 0 saturated carbocycles. The largest absolute Gasteiger partial charge is 0.505 e. The lowest BCUT2D eigenvalue weighted by Gasteiger charge is -2.29. The van der Waals surface area contributed by atoms with E-state index in [4.69, 9.17) is 10.7 Å². The number of aromatic nitrogens is 1. The molecule has 2 heterocycles. The van der Waals surface area contributed by atoms with E-state index in [1.165, 1.54) is 11.1 Å². The molecule has 3 N–H and O–H groups in total. The third-order valence-electron chi connectivity index (χ3n) is 5.62. The van der Waals surface area contributed by atoms with Crippen LogP contribution < -0.4 is 5.73 Å². The van der Waals surface area contributed by atoms with Crippen LogP contribution in [-0.2, 0) is 17.6 Å². The fraction of sp³-hybridized carbons (Fsp3) is 0.440. The Morgan fingerprint density at radius 2 is 1.73 bits per heavy atom. The predicted octanol–water partition coefficient (Wildman–Crippen LogP) is 6.44. The second-order valence-electron chi connectivity index (χ2n) is 7.71. The van der Waals surface area contributed by atoms with E-state index >= 15 is 0 Å². The zero-order valence-corrected chi connectivity index (χ0v) is 24.0. The number of carbonyl (C=O) groups is 1. The average molecular weight is 599 g/mol. The van der Waals surface area contributed by atoms with Crippen LogP contribution in [0.5, 0.6) is 5.75 Å². The summed E-state index contributed by atoms with van der Waals surface area (Å²) in [5.74, 6) is 0.208. The summed E-state index contributed by atoms with van der Waals surface area (Å²) in [6.07, 6.45) is 9.14. The molecule has 1 aromatic carbocycles. The first-order valence-corrected chi connectivity index (χ1v) is 14.3. The smallest absolute Gasteiger partial charge is 0.219 e. The van der Waals surface area contributed by atoms with Crippen LogP contribution in [-0.4, -0.2) is 46.5 Å². The Morgan fingerprint density at radius 1 is 1.12 bits per heavy atom. The second-order valence-corrected chi connectivity index (χ2v) is 10.2. The number of nitrogens with zero attached hydrogens (tertiary/aromatic N) is 2. The first kappa shape index (κ1) is 27.7. The molecule has 1 aliphatic heterocycles. The van der Waals surface area contributed by atoms with Gasteiger partial charge in [-0.25, -0.2) is 0 Å². The Hall–Kier alpha value is -1.51. The summed E-state index contributed by atoms with van der Waals surface area (Å²) in [5.41, 5.74) is 13.1. The molecule has 0 atom stereocenters. The lowest BCUT2D eigenvalue weighted by molar-refractivity contribution is -0.129. The van der Waals surface area contributed by atoms with E-state index in [2.05, 4.69) is 37.9 Å². The Morgan fingerprint density at radius 3 is 2.30 bits per heavy atom. The number of fused-ring (bicyclic) bond motifs is 2. The van der Waals surface area contributed by atoms with Gasteiger partial charge in [0, 0.05) is 36.3 Å². The number of nitrogen functional groups attached to an aromatic ring is 1. The second kappa shape index (κ2) is 12.8. The van der Waals surface area contributed by atoms with Crippen LogP contribution in [0.25, 0.3) is 5.57 Å². The highest BCUT2D eigenvalue weighted by Gasteiger charge is 2.28. The van der Waals surface area contributed by atoms with Crippen molar-refractivity contribution in [1.82, 2.24) is 9.88 Å². The molecule has 1 amide bonds. The number of aromatic hydroxyl groups is 1. The molecule has 5 nitrogen and oxygen atoms in total. The maximum atomic E-state index is 11.7. The number of phenolic OH excluding ortho intramolecular Hbond substituents is 1. The number of aryl methyl sites for hydroxylation is 1. The zero-order chi connectivity index (χ0) is 24.7. The monoisotopic (exact) mass is 597 g/mol. The molecule has 0 unspecified atom stereocenters. The van der Waals surface area contributed by atoms with Gasteiger partial charge in [0.2, 0.25) is 5.91 Å². The van der Waals surface area contributed by atoms with E-state index in [9.17, 15) is 9.90 Å². The number of pyridine rings is 1. The highest BCUT2D eigenvalue weighted by molar-refractivity contribution is 9.10. The Balaban J connectivity index is 0.000000714. The predicted molar refractivity (Wildman–Crippen MR) is 148 cm³/mol. The molecule has 180 valence electrons. The molecule has 1 saturated heterocycles. The summed E-state index contributed by atoms with van der Waals surface area (Å²) in [5, 5.41) is 10.4. The lowest BCUT2D eigenvalue weighted by Crippen LogP contribution is -2.34. The SMILES string of the molecule is CC.CC(=O)N1CCC(=C2c3cc(N)c(O)c(Br)c3CCc3cc(Br)cnc32)CC1.CSC. The minimum atomic E-state index is 0.0922. The highest BCUT2D eigenvalue weighted by atomic mass is 79.9. The molecule has 2 aromatic rings. The number of hydrogen-bond acceptors (Lipinski definition) is 5. The fourth-order valence-electron chi connectivity index (χ4n) is 4.15. The lowest BCUT2D eigenvalue weighted by atomic mass is 9.88. The van der Waals surface area contributed by atoms with Crippen LogP contribution in [0.4, 0.5) is 5.69 Å². The van der Waals surface area contributed by atoms with Crippen molar-refractivity contribution in [3.8, 4) is 5.75 Å². The molecule has 4 rings (SSSR count). The summed E-state index contributed by atoms with van der Waals surface area (Å²) >= 11 is 8.84. The topological polar surface area (TPSA) is 79.5 Å². The molecule has 0 radical (unpaired) electrons. The van der Waals surface area contributed by atoms with Gasteiger partial charge in [0.25, 0.3) is 0 Å². The molecule has 1 fully saturated rings. The third kappa shape index (κ3) is 6.34. The molecule has 0 bridgehead atoms. The van der Waals surface area contributed by atoms with E-state index in [1.54, 1.807) is 18.7 Å². The van der Waals surface area contributed by atoms with Gasteiger partial charge in [-0.15, -0.1) is 0 Å². The van der Waals surface area contributed by atoms with Crippen molar-refractivity contribution in [2.75, 3.05) is 31.3 Å². The number of rotatable bonds is 0. The van der Waals surface area contributed by atoms with Crippen molar-refractivity contribution in [3.05, 3.63) is 55.2 Å². The van der Waals surface area contributed by atoms with Crippen LogP contribution in [0, 0.1) is 0 Å². The van der Waals surface area contributed by atoms with Crippen molar-refractivity contribution >= 4 is 60.8 Å². The molecule has 33 heavy (non-hydrogen) atoms. The first-order chi connectivity index (χ1) is 15.8. The molecule has 1 aromatic heterocycles. The van der Waals surface area contributed by atoms with Crippen LogP contribution in [0.2, 0.25) is 0 Å². The van der Waals surface area contributed by atoms with Gasteiger partial charge in [0.1, 0.15) is 0 Å². The molecular formula is C25H33Br2N3O2S. The standard InChI is InChI=1S/C21H21Br2N3O2.C2H6S.C2H6/c1-11(27)26-6-4-12(5-7-26)18-16-9-17(24)21(28)19(23)15(16)3-2-13-8-14(22)10-25-20(13)18;1-3-2;1-2/h8-10,28H,2-7,24H2,1H3;1-2H3;1-2H3. The first-order valence-electron chi connectivity index (χ1n) is 11.1. The normalized spacial score (nSPS) is 14.7. The summed E-state index contributed by atoms with van der Waals surface area (Å²) in [7, 11) is 0. The number of halogens is 2. The Bertz CT molecular complexity index is 1030. The van der Waals surface area contributed by atoms with Gasteiger partial charge in [-0.2, -0.15) is 11.8 Å². The van der Waals surface area contributed by atoms with E-state index in [1.807, 2.05) is 43.5 Å². The molecule has 2 aliphatic rings. The number of likely N-dealkylation sites (tertiary alicyclic amines) is 1. The summed E-state index contributed by atoms with van der Waals surface area (Å²) in [6.45, 7) is 7.04. The molecular weight excluding hydrogens is 566 g/mol. The number of thioether (sulfide) groups is 1. The number of nitrogens with two attached hydrogens (primary N) is 1. The van der Waals surface area contributed by atoms with Crippen molar-refractivity contribution < 1.29 is 9.90 Å². The van der Waals surface area contributed by atoms with E-state index in [-0.39, 0.29) is 11.7 Å². The quantitative estimate of drug-likeness (QED) is 0.269. The number of amides is 1. The van der Waals surface area contributed by atoms with Crippen molar-refractivity contribution in [2.24, 2.45) is 0 Å². The van der Waals surface area contributed by atoms with E-state index < -0.39 is 0 Å². The molecule has 1 aliphatic carbocycles. The fourth-order valence-corrected chi connectivity index (χ4v) is 5.17. The maximum Gasteiger partial charge on any atom is 0.219 e. The number of carbonyl (C=O) groups excluding carboxylic acids is 1. The van der Waals surface area contributed by atoms with Gasteiger partial charge < -0.3 is 15.7 Å². The number of anilines is 1. The summed E-state index contributed by atoms with van der Waals surface area (Å²) in [6, 6.07) is 3.99. The van der Waals surface area contributed by atoms with Gasteiger partial charge >= 0.3 is 0 Å². The van der Waals surface area contributed by atoms with E-state index in [0.29, 0.717) is 23.2 Å². The zero-order valence-electron chi connectivity index (χ0n) is 20.0. The van der Waals surface area contributed by atoms with Crippen LogP contribution in [0.3, 0.4) is 0 Å². The summed E-state index contributed by atoms with van der Waals surface area (Å²) in [4.78, 5) is 18.4. The number of piperidine rings is 1. The van der Waals surface area contributed by atoms with Crippen LogP contribution in [0.15, 0.2) is 32.8 Å². The molecule has 0 spiro atoms. The van der Waals surface area contributed by atoms with Gasteiger partial charge in [0.15, 0.2) is 5.75 Å². The van der Waals surface area contributed by atoms with Gasteiger partial charge in [-0.05, 0) is 98.9 Å². The van der Waals surface area contributed by atoms with Crippen LogP contribution in [0.1, 0.15) is 56.0 Å². The van der Waals surface area contributed by atoms with Gasteiger partial charge in [-0.1, -0.05) is 19.4 Å². The minimum absolute atomic E-state index is 0.0922. The number of benzene rings is 1. The van der Waals surface area contributed by atoms with E-state index in [0.717, 1.165) is 52.5 Å². The van der Waals surface area contributed by atoms with Gasteiger partial charge in [0.05, 0.1) is 15.9 Å². The Kier molecular flexibility index (Phi) is 10.8. The highest BCUT2D eigenvalue weighted by Crippen LogP contribution is 2.45. The molecule has 8 heteroatoms. The van der Waals surface area contributed by atoms with Crippen molar-refractivity contribution in [1.29, 1.82) is 0 Å². The Labute approximate surface area is 218 Å². The van der Waals surface area contributed by atoms with Crippen LogP contribution >= 0.6 is 43.6 Å².